The number of hydrogen-bond acceptors (Lipinski definition) is 2. The van der Waals surface area contributed by atoms with Crippen LogP contribution in [0.2, 0.25) is 0 Å². The van der Waals surface area contributed by atoms with Crippen molar-refractivity contribution in [1.29, 1.82) is 0 Å². The molecular weight excluding hydrogens is 250 g/mol. The lowest BCUT2D eigenvalue weighted by Crippen LogP contribution is -2.29. The SMILES string of the molecule is C#CCC[C@@H]1CCc2ccc(OC(=O)N(C)CC)cc21. The molecule has 0 unspecified atom stereocenters. The minimum Gasteiger partial charge on any atom is -0.410 e. The van der Waals surface area contributed by atoms with E-state index in [1.54, 1.807) is 11.9 Å². The molecule has 20 heavy (non-hydrogen) atoms. The van der Waals surface area contributed by atoms with Crippen LogP contribution in [-0.2, 0) is 6.42 Å². The molecule has 3 heteroatoms. The molecule has 0 bridgehead atoms. The first-order valence-corrected chi connectivity index (χ1v) is 7.15. The Morgan fingerprint density at radius 1 is 1.55 bits per heavy atom. The van der Waals surface area contributed by atoms with E-state index in [1.165, 1.54) is 11.1 Å². The summed E-state index contributed by atoms with van der Waals surface area (Å²) < 4.78 is 5.39. The van der Waals surface area contributed by atoms with Crippen molar-refractivity contribution in [2.75, 3.05) is 13.6 Å². The van der Waals surface area contributed by atoms with Crippen LogP contribution in [0.25, 0.3) is 0 Å². The van der Waals surface area contributed by atoms with Gasteiger partial charge in [-0.15, -0.1) is 12.3 Å². The lowest BCUT2D eigenvalue weighted by molar-refractivity contribution is 0.165. The summed E-state index contributed by atoms with van der Waals surface area (Å²) in [6.07, 6.45) is 9.07. The summed E-state index contributed by atoms with van der Waals surface area (Å²) in [5, 5.41) is 0. The zero-order valence-corrected chi connectivity index (χ0v) is 12.2. The van der Waals surface area contributed by atoms with E-state index in [1.807, 2.05) is 19.1 Å². The maximum Gasteiger partial charge on any atom is 0.414 e. The largest absolute Gasteiger partial charge is 0.414 e. The molecule has 3 nitrogen and oxygen atoms in total. The first-order chi connectivity index (χ1) is 9.65. The molecule has 0 aliphatic heterocycles. The van der Waals surface area contributed by atoms with Gasteiger partial charge < -0.3 is 9.64 Å². The quantitative estimate of drug-likeness (QED) is 0.783. The van der Waals surface area contributed by atoms with Crippen LogP contribution in [0.1, 0.15) is 43.2 Å². The van der Waals surface area contributed by atoms with Crippen molar-refractivity contribution in [3.8, 4) is 18.1 Å². The van der Waals surface area contributed by atoms with Crippen LogP contribution in [0.3, 0.4) is 0 Å². The molecule has 0 radical (unpaired) electrons. The third kappa shape index (κ3) is 3.14. The van der Waals surface area contributed by atoms with E-state index < -0.39 is 0 Å². The maximum atomic E-state index is 11.8. The second-order valence-electron chi connectivity index (χ2n) is 5.22. The lowest BCUT2D eigenvalue weighted by Gasteiger charge is -2.15. The average Bonchev–Trinajstić information content (AvgIpc) is 2.86. The fourth-order valence-electron chi connectivity index (χ4n) is 2.59. The predicted octanol–water partition coefficient (Wildman–Crippen LogP) is 3.58. The third-order valence-electron chi connectivity index (χ3n) is 3.95. The van der Waals surface area contributed by atoms with Crippen molar-refractivity contribution >= 4 is 6.09 Å². The Kier molecular flexibility index (Phi) is 4.68. The van der Waals surface area contributed by atoms with Crippen molar-refractivity contribution < 1.29 is 9.53 Å². The van der Waals surface area contributed by atoms with Crippen molar-refractivity contribution in [3.05, 3.63) is 29.3 Å². The minimum atomic E-state index is -0.314. The molecule has 1 aliphatic carbocycles. The summed E-state index contributed by atoms with van der Waals surface area (Å²) in [5.41, 5.74) is 2.65. The fraction of sp³-hybridized carbons (Fsp3) is 0.471. The Balaban J connectivity index is 2.11. The average molecular weight is 271 g/mol. The van der Waals surface area contributed by atoms with Gasteiger partial charge in [-0.25, -0.2) is 4.79 Å². The molecule has 0 heterocycles. The molecule has 106 valence electrons. The van der Waals surface area contributed by atoms with Gasteiger partial charge in [-0.1, -0.05) is 6.07 Å². The number of hydrogen-bond donors (Lipinski definition) is 0. The van der Waals surface area contributed by atoms with Gasteiger partial charge in [-0.2, -0.15) is 0 Å². The van der Waals surface area contributed by atoms with Crippen LogP contribution < -0.4 is 4.74 Å². The van der Waals surface area contributed by atoms with Crippen molar-refractivity contribution in [2.24, 2.45) is 0 Å². The summed E-state index contributed by atoms with van der Waals surface area (Å²) >= 11 is 0. The first kappa shape index (κ1) is 14.5. The molecule has 0 fully saturated rings. The Bertz CT molecular complexity index is 530. The van der Waals surface area contributed by atoms with Crippen LogP contribution in [0.15, 0.2) is 18.2 Å². The van der Waals surface area contributed by atoms with Gasteiger partial charge in [-0.05, 0) is 55.4 Å². The standard InChI is InChI=1S/C17H21NO2/c1-4-6-7-13-8-9-14-10-11-15(12-16(13)14)20-17(19)18(3)5-2/h1,10-13H,5-9H2,2-3H3/t13-/m1/s1. The van der Waals surface area contributed by atoms with Crippen LogP contribution in [0, 0.1) is 12.3 Å². The molecule has 0 spiro atoms. The molecule has 0 saturated heterocycles. The summed E-state index contributed by atoms with van der Waals surface area (Å²) in [6.45, 7) is 2.55. The summed E-state index contributed by atoms with van der Waals surface area (Å²) in [7, 11) is 1.73. The molecule has 0 N–H and O–H groups in total. The second kappa shape index (κ2) is 6.47. The number of carbonyl (C=O) groups excluding carboxylic acids is 1. The molecule has 0 saturated carbocycles. The molecule has 1 aromatic rings. The zero-order chi connectivity index (χ0) is 14.5. The molecule has 1 aromatic carbocycles. The van der Waals surface area contributed by atoms with Gasteiger partial charge in [-0.3, -0.25) is 0 Å². The first-order valence-electron chi connectivity index (χ1n) is 7.15. The number of aryl methyl sites for hydroxylation is 1. The van der Waals surface area contributed by atoms with E-state index in [2.05, 4.69) is 12.0 Å². The Labute approximate surface area is 120 Å². The molecular formula is C17H21NO2. The van der Waals surface area contributed by atoms with Gasteiger partial charge in [0.15, 0.2) is 0 Å². The summed E-state index contributed by atoms with van der Waals surface area (Å²) in [6, 6.07) is 5.95. The highest BCUT2D eigenvalue weighted by molar-refractivity contribution is 5.70. The number of fused-ring (bicyclic) bond motifs is 1. The maximum absolute atomic E-state index is 11.8. The highest BCUT2D eigenvalue weighted by atomic mass is 16.6. The van der Waals surface area contributed by atoms with E-state index in [0.29, 0.717) is 18.2 Å². The molecule has 1 amide bonds. The van der Waals surface area contributed by atoms with E-state index >= 15 is 0 Å². The summed E-state index contributed by atoms with van der Waals surface area (Å²) in [5.74, 6) is 3.83. The van der Waals surface area contributed by atoms with E-state index in [0.717, 1.165) is 25.7 Å². The monoisotopic (exact) mass is 271 g/mol. The van der Waals surface area contributed by atoms with Crippen LogP contribution in [0.5, 0.6) is 5.75 Å². The van der Waals surface area contributed by atoms with Gasteiger partial charge in [0.2, 0.25) is 0 Å². The number of rotatable bonds is 4. The van der Waals surface area contributed by atoms with E-state index in [9.17, 15) is 4.79 Å². The van der Waals surface area contributed by atoms with Gasteiger partial charge in [0.1, 0.15) is 5.75 Å². The Morgan fingerprint density at radius 2 is 2.35 bits per heavy atom. The van der Waals surface area contributed by atoms with E-state index in [-0.39, 0.29) is 6.09 Å². The van der Waals surface area contributed by atoms with Crippen molar-refractivity contribution in [3.63, 3.8) is 0 Å². The fourth-order valence-corrected chi connectivity index (χ4v) is 2.59. The van der Waals surface area contributed by atoms with Gasteiger partial charge in [0, 0.05) is 20.0 Å². The Morgan fingerprint density at radius 3 is 3.05 bits per heavy atom. The molecule has 2 rings (SSSR count). The Hall–Kier alpha value is -1.95. The topological polar surface area (TPSA) is 29.5 Å². The van der Waals surface area contributed by atoms with Gasteiger partial charge in [0.25, 0.3) is 0 Å². The number of carbonyl (C=O) groups is 1. The molecule has 0 aromatic heterocycles. The van der Waals surface area contributed by atoms with Crippen LogP contribution in [0.4, 0.5) is 4.79 Å². The predicted molar refractivity (Wildman–Crippen MR) is 79.9 cm³/mol. The highest BCUT2D eigenvalue weighted by Gasteiger charge is 2.23. The van der Waals surface area contributed by atoms with Gasteiger partial charge in [0.05, 0.1) is 0 Å². The third-order valence-corrected chi connectivity index (χ3v) is 3.95. The number of terminal acetylenes is 1. The highest BCUT2D eigenvalue weighted by Crippen LogP contribution is 2.38. The smallest absolute Gasteiger partial charge is 0.410 e. The molecule has 1 atom stereocenters. The number of nitrogens with zero attached hydrogens (tertiary/aromatic N) is 1. The lowest BCUT2D eigenvalue weighted by atomic mass is 9.96. The van der Waals surface area contributed by atoms with Crippen LogP contribution in [-0.4, -0.2) is 24.6 Å². The van der Waals surface area contributed by atoms with Gasteiger partial charge >= 0.3 is 6.09 Å². The summed E-state index contributed by atoms with van der Waals surface area (Å²) in [4.78, 5) is 13.3. The van der Waals surface area contributed by atoms with Crippen molar-refractivity contribution in [1.82, 2.24) is 4.90 Å². The second-order valence-corrected chi connectivity index (χ2v) is 5.22. The normalized spacial score (nSPS) is 16.4. The number of amides is 1. The van der Waals surface area contributed by atoms with E-state index in [4.69, 9.17) is 11.2 Å². The van der Waals surface area contributed by atoms with Crippen molar-refractivity contribution in [2.45, 2.75) is 38.5 Å². The molecule has 1 aliphatic rings. The minimum absolute atomic E-state index is 0.314. The van der Waals surface area contributed by atoms with Crippen LogP contribution >= 0.6 is 0 Å². The number of ether oxygens (including phenoxy) is 1. The number of benzene rings is 1. The zero-order valence-electron chi connectivity index (χ0n) is 12.2.